The molecule has 0 N–H and O–H groups in total. The van der Waals surface area contributed by atoms with Crippen LogP contribution in [0.25, 0.3) is 5.57 Å². The predicted molar refractivity (Wildman–Crippen MR) is 175 cm³/mol. The van der Waals surface area contributed by atoms with Gasteiger partial charge in [-0.3, -0.25) is 0 Å². The minimum Gasteiger partial charge on any atom is -0.309 e. The maximum absolute atomic E-state index is 15.3. The molecule has 1 nitrogen and oxygen atoms in total. The largest absolute Gasteiger partial charge is 0.309 e. The maximum Gasteiger partial charge on any atom is 0.171 e. The lowest BCUT2D eigenvalue weighted by Crippen LogP contribution is -2.27. The highest BCUT2D eigenvalue weighted by Crippen LogP contribution is 2.53. The van der Waals surface area contributed by atoms with Crippen molar-refractivity contribution in [2.45, 2.75) is 26.2 Å². The summed E-state index contributed by atoms with van der Waals surface area (Å²) < 4.78 is 15.3. The molecule has 0 radical (unpaired) electrons. The molecule has 0 saturated heterocycles. The lowest BCUT2D eigenvalue weighted by molar-refractivity contribution is 0.592. The number of benzene rings is 4. The molecular weight excluding hydrogens is 522 g/mol. The van der Waals surface area contributed by atoms with Crippen molar-refractivity contribution < 1.29 is 4.57 Å². The van der Waals surface area contributed by atoms with Crippen molar-refractivity contribution in [3.05, 3.63) is 155 Å². The second-order valence-corrected chi connectivity index (χ2v) is 16.0. The van der Waals surface area contributed by atoms with Crippen molar-refractivity contribution in [3.63, 3.8) is 0 Å². The van der Waals surface area contributed by atoms with Gasteiger partial charge in [0.2, 0.25) is 0 Å². The average Bonchev–Trinajstić information content (AvgIpc) is 3.02. The Morgan fingerprint density at radius 1 is 0.750 bits per heavy atom. The molecule has 3 atom stereocenters. The van der Waals surface area contributed by atoms with Crippen LogP contribution in [0, 0.1) is 5.92 Å². The van der Waals surface area contributed by atoms with Crippen molar-refractivity contribution >= 4 is 36.6 Å². The van der Waals surface area contributed by atoms with Crippen LogP contribution in [0.5, 0.6) is 0 Å². The monoisotopic (exact) mass is 558 g/mol. The average molecular weight is 559 g/mol. The Labute approximate surface area is 240 Å². The summed E-state index contributed by atoms with van der Waals surface area (Å²) in [5.74, 6) is 0.676. The van der Waals surface area contributed by atoms with Crippen LogP contribution in [-0.2, 0) is 4.57 Å². The topological polar surface area (TPSA) is 17.1 Å². The molecule has 0 saturated carbocycles. The van der Waals surface area contributed by atoms with E-state index in [4.69, 9.17) is 0 Å². The van der Waals surface area contributed by atoms with E-state index in [1.807, 2.05) is 60.7 Å². The third kappa shape index (κ3) is 4.71. The van der Waals surface area contributed by atoms with Gasteiger partial charge in [0.25, 0.3) is 0 Å². The fraction of sp³-hybridized carbons (Fsp3) is 0.189. The van der Waals surface area contributed by atoms with Gasteiger partial charge >= 0.3 is 0 Å². The second kappa shape index (κ2) is 11.3. The number of fused-ring (bicyclic) bond motifs is 2. The van der Waals surface area contributed by atoms with Crippen molar-refractivity contribution in [2.75, 3.05) is 12.8 Å². The van der Waals surface area contributed by atoms with Gasteiger partial charge in [-0.2, -0.15) is 0 Å². The Morgan fingerprint density at radius 3 is 1.95 bits per heavy atom. The number of allylic oxidation sites excluding steroid dienone is 5. The van der Waals surface area contributed by atoms with Gasteiger partial charge in [-0.25, -0.2) is 0 Å². The van der Waals surface area contributed by atoms with Crippen LogP contribution in [0.1, 0.15) is 42.9 Å². The SMILES string of the molecule is CCCP(C)C1=CC2C(=C(c3ccccc3)c3cc(P(=O)(c4ccccc4)c4ccccc4)ccc3C2C)C=C1. The van der Waals surface area contributed by atoms with Crippen LogP contribution in [-0.4, -0.2) is 12.8 Å². The molecule has 40 heavy (non-hydrogen) atoms. The molecule has 4 aromatic rings. The van der Waals surface area contributed by atoms with Crippen molar-refractivity contribution in [1.29, 1.82) is 0 Å². The highest BCUT2D eigenvalue weighted by Gasteiger charge is 2.36. The highest BCUT2D eigenvalue weighted by molar-refractivity contribution is 7.85. The van der Waals surface area contributed by atoms with E-state index in [1.54, 1.807) is 0 Å². The van der Waals surface area contributed by atoms with Crippen LogP contribution in [0.4, 0.5) is 0 Å². The summed E-state index contributed by atoms with van der Waals surface area (Å²) in [6.45, 7) is 7.07. The van der Waals surface area contributed by atoms with Crippen LogP contribution >= 0.6 is 15.1 Å². The number of hydrogen-bond acceptors (Lipinski definition) is 1. The van der Waals surface area contributed by atoms with Gasteiger partial charge in [-0.05, 0) is 58.0 Å². The molecule has 4 aromatic carbocycles. The summed E-state index contributed by atoms with van der Waals surface area (Å²) in [6.07, 6.45) is 9.80. The lowest BCUT2D eigenvalue weighted by Gasteiger charge is -2.36. The quantitative estimate of drug-likeness (QED) is 0.207. The molecule has 0 aromatic heterocycles. The predicted octanol–water partition coefficient (Wildman–Crippen LogP) is 8.84. The standard InChI is InChI=1S/C37H36OP2/c1-4-24-39(3)29-20-22-34-35(25-29)27(2)33-23-21-32(26-36(33)37(34)28-14-8-5-9-15-28)40(38,30-16-10-6-11-17-30)31-18-12-7-13-19-31/h5-23,25-27,35H,4,24H2,1-3H3. The zero-order valence-corrected chi connectivity index (χ0v) is 25.3. The van der Waals surface area contributed by atoms with Crippen LogP contribution in [0.15, 0.2) is 138 Å². The molecule has 6 rings (SSSR count). The van der Waals surface area contributed by atoms with Crippen LogP contribution in [0.3, 0.4) is 0 Å². The van der Waals surface area contributed by atoms with Crippen LogP contribution in [0.2, 0.25) is 0 Å². The van der Waals surface area contributed by atoms with Gasteiger partial charge in [0.15, 0.2) is 7.14 Å². The zero-order valence-electron chi connectivity index (χ0n) is 23.5. The molecule has 2 aliphatic rings. The van der Waals surface area contributed by atoms with Crippen molar-refractivity contribution in [3.8, 4) is 0 Å². The van der Waals surface area contributed by atoms with Gasteiger partial charge in [-0.15, -0.1) is 0 Å². The Hall–Kier alpha value is -3.24. The summed E-state index contributed by atoms with van der Waals surface area (Å²) in [5.41, 5.74) is 6.42. The Kier molecular flexibility index (Phi) is 7.63. The number of rotatable bonds is 7. The van der Waals surface area contributed by atoms with E-state index in [2.05, 4.69) is 87.3 Å². The molecular formula is C37H36OP2. The smallest absolute Gasteiger partial charge is 0.171 e. The van der Waals surface area contributed by atoms with Gasteiger partial charge in [0, 0.05) is 21.8 Å². The van der Waals surface area contributed by atoms with E-state index < -0.39 is 7.14 Å². The first-order valence-corrected chi connectivity index (χ1v) is 18.0. The van der Waals surface area contributed by atoms with Gasteiger partial charge in [0.05, 0.1) is 0 Å². The lowest BCUT2D eigenvalue weighted by atomic mass is 9.69. The molecule has 3 heteroatoms. The summed E-state index contributed by atoms with van der Waals surface area (Å²) in [4.78, 5) is 0. The Morgan fingerprint density at radius 2 is 1.35 bits per heavy atom. The van der Waals surface area contributed by atoms with Crippen LogP contribution < -0.4 is 15.9 Å². The summed E-state index contributed by atoms with van der Waals surface area (Å²) in [7, 11) is -3.22. The molecule has 200 valence electrons. The molecule has 0 aliphatic heterocycles. The van der Waals surface area contributed by atoms with Gasteiger partial charge in [-0.1, -0.05) is 150 Å². The highest BCUT2D eigenvalue weighted by atomic mass is 31.2. The first-order valence-electron chi connectivity index (χ1n) is 14.3. The zero-order chi connectivity index (χ0) is 27.7. The van der Waals surface area contributed by atoms with E-state index in [9.17, 15) is 0 Å². The van der Waals surface area contributed by atoms with Crippen molar-refractivity contribution in [1.82, 2.24) is 0 Å². The number of hydrogen-bond donors (Lipinski definition) is 0. The molecule has 0 amide bonds. The van der Waals surface area contributed by atoms with Crippen molar-refractivity contribution in [2.24, 2.45) is 5.92 Å². The fourth-order valence-corrected chi connectivity index (χ4v) is 10.7. The normalized spacial score (nSPS) is 19.0. The summed E-state index contributed by atoms with van der Waals surface area (Å²) >= 11 is 0. The molecule has 3 unspecified atom stereocenters. The van der Waals surface area contributed by atoms with E-state index in [1.165, 1.54) is 45.7 Å². The molecule has 0 heterocycles. The molecule has 0 fully saturated rings. The van der Waals surface area contributed by atoms with E-state index >= 15 is 4.57 Å². The molecule has 2 aliphatic carbocycles. The molecule has 0 spiro atoms. The Bertz CT molecular complexity index is 1610. The Balaban J connectivity index is 1.58. The summed E-state index contributed by atoms with van der Waals surface area (Å²) in [6, 6.07) is 37.4. The maximum atomic E-state index is 15.3. The van der Waals surface area contributed by atoms with Gasteiger partial charge < -0.3 is 4.57 Å². The first kappa shape index (κ1) is 27.0. The minimum absolute atomic E-state index is 0.143. The van der Waals surface area contributed by atoms with E-state index in [-0.39, 0.29) is 7.92 Å². The van der Waals surface area contributed by atoms with E-state index in [0.29, 0.717) is 11.8 Å². The fourth-order valence-electron chi connectivity index (χ4n) is 6.35. The van der Waals surface area contributed by atoms with Gasteiger partial charge in [0.1, 0.15) is 0 Å². The van der Waals surface area contributed by atoms with E-state index in [0.717, 1.165) is 15.9 Å². The minimum atomic E-state index is -3.08. The molecule has 0 bridgehead atoms. The third-order valence-electron chi connectivity index (χ3n) is 8.43. The second-order valence-electron chi connectivity index (χ2n) is 10.9. The first-order chi connectivity index (χ1) is 19.5. The third-order valence-corrected chi connectivity index (χ3v) is 13.8. The summed E-state index contributed by atoms with van der Waals surface area (Å²) in [5, 5.41) is 4.14.